The Morgan fingerprint density at radius 1 is 1.53 bits per heavy atom. The first-order valence-electron chi connectivity index (χ1n) is 6.49. The maximum absolute atomic E-state index is 11.8. The lowest BCUT2D eigenvalue weighted by atomic mass is 10.2. The molecule has 104 valence electrons. The van der Waals surface area contributed by atoms with Crippen molar-refractivity contribution < 1.29 is 15.0 Å². The maximum atomic E-state index is 11.8. The predicted octanol–water partition coefficient (Wildman–Crippen LogP) is -0.235. The van der Waals surface area contributed by atoms with E-state index in [0.29, 0.717) is 11.4 Å². The number of hydrogen-bond acceptors (Lipinski definition) is 5. The minimum atomic E-state index is -0.225. The van der Waals surface area contributed by atoms with Crippen LogP contribution < -0.4 is 10.2 Å². The molecule has 0 bridgehead atoms. The van der Waals surface area contributed by atoms with Crippen molar-refractivity contribution in [2.24, 2.45) is 0 Å². The molecule has 0 spiro atoms. The standard InChI is InChI=1S/C13H19N3O3/c17-7-5-15-13(19)10-3-4-14-12(8-10)16-6-1-2-11(16)9-18/h3-4,8,11,17-18H,1-2,5-7,9H2,(H,15,19). The van der Waals surface area contributed by atoms with Crippen LogP contribution >= 0.6 is 0 Å². The smallest absolute Gasteiger partial charge is 0.251 e. The second kappa shape index (κ2) is 6.49. The second-order valence-corrected chi connectivity index (χ2v) is 4.55. The molecule has 1 aromatic rings. The molecule has 1 aliphatic heterocycles. The molecule has 1 atom stereocenters. The Balaban J connectivity index is 2.12. The first-order chi connectivity index (χ1) is 9.26. The number of amides is 1. The van der Waals surface area contributed by atoms with E-state index in [1.807, 2.05) is 4.90 Å². The Morgan fingerprint density at radius 3 is 3.11 bits per heavy atom. The van der Waals surface area contributed by atoms with E-state index >= 15 is 0 Å². The first-order valence-corrected chi connectivity index (χ1v) is 6.49. The van der Waals surface area contributed by atoms with Crippen LogP contribution in [0.2, 0.25) is 0 Å². The van der Waals surface area contributed by atoms with Gasteiger partial charge in [0.15, 0.2) is 0 Å². The van der Waals surface area contributed by atoms with E-state index in [-0.39, 0.29) is 31.7 Å². The molecule has 2 rings (SSSR count). The highest BCUT2D eigenvalue weighted by Crippen LogP contribution is 2.23. The first kappa shape index (κ1) is 13.8. The predicted molar refractivity (Wildman–Crippen MR) is 71.1 cm³/mol. The Kier molecular flexibility index (Phi) is 4.70. The molecule has 1 saturated heterocycles. The summed E-state index contributed by atoms with van der Waals surface area (Å²) in [6, 6.07) is 3.45. The van der Waals surface area contributed by atoms with Crippen LogP contribution in [0, 0.1) is 0 Å². The SMILES string of the molecule is O=C(NCCO)c1ccnc(N2CCCC2CO)c1. The molecule has 1 unspecified atom stereocenters. The van der Waals surface area contributed by atoms with E-state index in [1.165, 1.54) is 0 Å². The number of aliphatic hydroxyl groups excluding tert-OH is 2. The Morgan fingerprint density at radius 2 is 2.37 bits per heavy atom. The third-order valence-corrected chi connectivity index (χ3v) is 3.29. The van der Waals surface area contributed by atoms with Gasteiger partial charge in [-0.15, -0.1) is 0 Å². The molecule has 6 heteroatoms. The molecular weight excluding hydrogens is 246 g/mol. The van der Waals surface area contributed by atoms with Crippen molar-refractivity contribution in [2.45, 2.75) is 18.9 Å². The van der Waals surface area contributed by atoms with Crippen molar-refractivity contribution in [3.63, 3.8) is 0 Å². The summed E-state index contributed by atoms with van der Waals surface area (Å²) in [6.45, 7) is 1.10. The van der Waals surface area contributed by atoms with E-state index in [1.54, 1.807) is 18.3 Å². The molecule has 19 heavy (non-hydrogen) atoms. The van der Waals surface area contributed by atoms with Crippen LogP contribution in [0.3, 0.4) is 0 Å². The van der Waals surface area contributed by atoms with E-state index in [4.69, 9.17) is 5.11 Å². The van der Waals surface area contributed by atoms with Crippen molar-refractivity contribution in [2.75, 3.05) is 31.2 Å². The molecular formula is C13H19N3O3. The van der Waals surface area contributed by atoms with E-state index in [9.17, 15) is 9.90 Å². The third kappa shape index (κ3) is 3.21. The minimum absolute atomic E-state index is 0.0810. The lowest BCUT2D eigenvalue weighted by Gasteiger charge is -2.24. The normalized spacial score (nSPS) is 18.6. The average molecular weight is 265 g/mol. The Labute approximate surface area is 112 Å². The number of carbonyl (C=O) groups is 1. The monoisotopic (exact) mass is 265 g/mol. The van der Waals surface area contributed by atoms with Gasteiger partial charge in [-0.3, -0.25) is 4.79 Å². The molecule has 0 aromatic carbocycles. The van der Waals surface area contributed by atoms with Gasteiger partial charge in [-0.25, -0.2) is 4.98 Å². The third-order valence-electron chi connectivity index (χ3n) is 3.29. The molecule has 3 N–H and O–H groups in total. The summed E-state index contributed by atoms with van der Waals surface area (Å²) in [4.78, 5) is 18.1. The summed E-state index contributed by atoms with van der Waals surface area (Å²) in [6.07, 6.45) is 3.56. The molecule has 1 aliphatic rings. The number of rotatable bonds is 5. The van der Waals surface area contributed by atoms with Gasteiger partial charge in [0.1, 0.15) is 5.82 Å². The maximum Gasteiger partial charge on any atom is 0.251 e. The second-order valence-electron chi connectivity index (χ2n) is 4.55. The van der Waals surface area contributed by atoms with Crippen LogP contribution in [0.5, 0.6) is 0 Å². The number of aliphatic hydroxyl groups is 2. The number of carbonyl (C=O) groups excluding carboxylic acids is 1. The van der Waals surface area contributed by atoms with Gasteiger partial charge in [-0.05, 0) is 25.0 Å². The molecule has 2 heterocycles. The topological polar surface area (TPSA) is 85.7 Å². The highest BCUT2D eigenvalue weighted by molar-refractivity contribution is 5.94. The van der Waals surface area contributed by atoms with Crippen molar-refractivity contribution >= 4 is 11.7 Å². The van der Waals surface area contributed by atoms with Gasteiger partial charge >= 0.3 is 0 Å². The Bertz CT molecular complexity index is 439. The summed E-state index contributed by atoms with van der Waals surface area (Å²) >= 11 is 0. The van der Waals surface area contributed by atoms with Gasteiger partial charge in [0.25, 0.3) is 5.91 Å². The summed E-state index contributed by atoms with van der Waals surface area (Å²) in [5.74, 6) is 0.491. The number of anilines is 1. The van der Waals surface area contributed by atoms with Gasteiger partial charge in [-0.1, -0.05) is 0 Å². The highest BCUT2D eigenvalue weighted by atomic mass is 16.3. The van der Waals surface area contributed by atoms with Crippen molar-refractivity contribution in [3.8, 4) is 0 Å². The van der Waals surface area contributed by atoms with E-state index in [2.05, 4.69) is 10.3 Å². The van der Waals surface area contributed by atoms with Gasteiger partial charge in [-0.2, -0.15) is 0 Å². The fraction of sp³-hybridized carbons (Fsp3) is 0.538. The van der Waals surface area contributed by atoms with Crippen molar-refractivity contribution in [3.05, 3.63) is 23.9 Å². The van der Waals surface area contributed by atoms with Crippen molar-refractivity contribution in [1.82, 2.24) is 10.3 Å². The van der Waals surface area contributed by atoms with E-state index < -0.39 is 0 Å². The molecule has 1 fully saturated rings. The zero-order valence-electron chi connectivity index (χ0n) is 10.7. The van der Waals surface area contributed by atoms with Crippen LogP contribution in [0.4, 0.5) is 5.82 Å². The lowest BCUT2D eigenvalue weighted by molar-refractivity contribution is 0.0944. The van der Waals surface area contributed by atoms with Crippen LogP contribution in [-0.4, -0.2) is 53.4 Å². The summed E-state index contributed by atoms with van der Waals surface area (Å²) < 4.78 is 0. The number of aromatic nitrogens is 1. The van der Waals surface area contributed by atoms with Crippen LogP contribution in [0.1, 0.15) is 23.2 Å². The van der Waals surface area contributed by atoms with Crippen LogP contribution in [-0.2, 0) is 0 Å². The van der Waals surface area contributed by atoms with Crippen molar-refractivity contribution in [1.29, 1.82) is 0 Å². The quantitative estimate of drug-likeness (QED) is 0.684. The Hall–Kier alpha value is -1.66. The lowest BCUT2D eigenvalue weighted by Crippen LogP contribution is -2.33. The summed E-state index contributed by atoms with van der Waals surface area (Å²) in [7, 11) is 0. The number of nitrogens with one attached hydrogen (secondary N) is 1. The highest BCUT2D eigenvalue weighted by Gasteiger charge is 2.25. The molecule has 0 radical (unpaired) electrons. The molecule has 6 nitrogen and oxygen atoms in total. The molecule has 0 saturated carbocycles. The van der Waals surface area contributed by atoms with Gasteiger partial charge in [0, 0.05) is 24.8 Å². The number of nitrogens with zero attached hydrogens (tertiary/aromatic N) is 2. The zero-order valence-corrected chi connectivity index (χ0v) is 10.7. The average Bonchev–Trinajstić information content (AvgIpc) is 2.93. The summed E-state index contributed by atoms with van der Waals surface area (Å²) in [5.41, 5.74) is 0.516. The fourth-order valence-corrected chi connectivity index (χ4v) is 2.32. The minimum Gasteiger partial charge on any atom is -0.395 e. The van der Waals surface area contributed by atoms with Crippen LogP contribution in [0.15, 0.2) is 18.3 Å². The molecule has 1 aromatic heterocycles. The number of pyridine rings is 1. The van der Waals surface area contributed by atoms with Gasteiger partial charge in [0.2, 0.25) is 0 Å². The molecule has 0 aliphatic carbocycles. The number of hydrogen-bond donors (Lipinski definition) is 3. The van der Waals surface area contributed by atoms with E-state index in [0.717, 1.165) is 19.4 Å². The molecule has 1 amide bonds. The fourth-order valence-electron chi connectivity index (χ4n) is 2.32. The zero-order chi connectivity index (χ0) is 13.7. The van der Waals surface area contributed by atoms with Gasteiger partial charge in [0.05, 0.1) is 19.3 Å². The van der Waals surface area contributed by atoms with Crippen LogP contribution in [0.25, 0.3) is 0 Å². The summed E-state index contributed by atoms with van der Waals surface area (Å²) in [5, 5.41) is 20.6. The van der Waals surface area contributed by atoms with Gasteiger partial charge < -0.3 is 20.4 Å². The largest absolute Gasteiger partial charge is 0.395 e.